The van der Waals surface area contributed by atoms with Crippen LogP contribution in [0.3, 0.4) is 0 Å². The molecule has 2 aromatic carbocycles. The Morgan fingerprint density at radius 3 is 2.50 bits per heavy atom. The summed E-state index contributed by atoms with van der Waals surface area (Å²) in [6.07, 6.45) is 6.75. The fourth-order valence-electron chi connectivity index (χ4n) is 2.30. The third-order valence-electron chi connectivity index (χ3n) is 3.73. The van der Waals surface area contributed by atoms with Crippen molar-refractivity contribution in [3.05, 3.63) is 60.2 Å². The molecule has 0 atom stereocenters. The standard InChI is InChI=1S/C18H18NO/c1-2-9-16(10-3-1)18-12-5-4-11-17(18)14-20-19-13-15-7-6-8-15/h1-5,9-12,15H,6-8,14H2. The molecule has 3 rings (SSSR count). The predicted octanol–water partition coefficient (Wildman–Crippen LogP) is 4.53. The van der Waals surface area contributed by atoms with Gasteiger partial charge in [-0.05, 0) is 29.5 Å². The first kappa shape index (κ1) is 12.9. The van der Waals surface area contributed by atoms with Gasteiger partial charge in [0.1, 0.15) is 12.8 Å². The normalized spacial score (nSPS) is 15.2. The quantitative estimate of drug-likeness (QED) is 0.574. The lowest BCUT2D eigenvalue weighted by Crippen LogP contribution is -2.11. The average molecular weight is 264 g/mol. The Bertz CT molecular complexity index is 573. The Morgan fingerprint density at radius 2 is 1.75 bits per heavy atom. The van der Waals surface area contributed by atoms with Gasteiger partial charge in [-0.25, -0.2) is 0 Å². The van der Waals surface area contributed by atoms with E-state index in [9.17, 15) is 0 Å². The van der Waals surface area contributed by atoms with Crippen LogP contribution >= 0.6 is 0 Å². The molecule has 101 valence electrons. The number of nitrogens with zero attached hydrogens (tertiary/aromatic N) is 1. The van der Waals surface area contributed by atoms with E-state index in [1.807, 2.05) is 12.1 Å². The van der Waals surface area contributed by atoms with Crippen molar-refractivity contribution in [2.24, 2.45) is 11.1 Å². The number of benzene rings is 2. The molecule has 1 saturated carbocycles. The molecule has 1 aliphatic rings. The van der Waals surface area contributed by atoms with Gasteiger partial charge in [-0.15, -0.1) is 0 Å². The van der Waals surface area contributed by atoms with Crippen LogP contribution < -0.4 is 0 Å². The van der Waals surface area contributed by atoms with Crippen molar-refractivity contribution < 1.29 is 4.84 Å². The molecule has 0 amide bonds. The van der Waals surface area contributed by atoms with Crippen molar-refractivity contribution in [2.75, 3.05) is 0 Å². The molecule has 2 aromatic rings. The monoisotopic (exact) mass is 264 g/mol. The van der Waals surface area contributed by atoms with E-state index in [2.05, 4.69) is 53.8 Å². The highest BCUT2D eigenvalue weighted by Gasteiger charge is 2.15. The molecule has 20 heavy (non-hydrogen) atoms. The zero-order valence-electron chi connectivity index (χ0n) is 11.5. The highest BCUT2D eigenvalue weighted by molar-refractivity contribution is 5.67. The van der Waals surface area contributed by atoms with Gasteiger partial charge in [-0.3, -0.25) is 0 Å². The largest absolute Gasteiger partial charge is 0.391 e. The van der Waals surface area contributed by atoms with Crippen LogP contribution in [-0.4, -0.2) is 6.21 Å². The molecule has 0 aromatic heterocycles. The third-order valence-corrected chi connectivity index (χ3v) is 3.73. The maximum atomic E-state index is 5.40. The zero-order chi connectivity index (χ0) is 13.6. The van der Waals surface area contributed by atoms with Crippen molar-refractivity contribution in [1.29, 1.82) is 0 Å². The van der Waals surface area contributed by atoms with Gasteiger partial charge in [0, 0.05) is 5.92 Å². The second-order valence-corrected chi connectivity index (χ2v) is 5.14. The van der Waals surface area contributed by atoms with Crippen molar-refractivity contribution in [3.8, 4) is 11.1 Å². The van der Waals surface area contributed by atoms with E-state index in [1.54, 1.807) is 0 Å². The summed E-state index contributed by atoms with van der Waals surface area (Å²) < 4.78 is 0. The van der Waals surface area contributed by atoms with Crippen LogP contribution in [0, 0.1) is 5.92 Å². The van der Waals surface area contributed by atoms with E-state index < -0.39 is 0 Å². The van der Waals surface area contributed by atoms with Gasteiger partial charge in [0.25, 0.3) is 0 Å². The Kier molecular flexibility index (Phi) is 4.12. The smallest absolute Gasteiger partial charge is 0.142 e. The fraction of sp³-hybridized carbons (Fsp3) is 0.278. The molecule has 0 unspecified atom stereocenters. The van der Waals surface area contributed by atoms with E-state index >= 15 is 0 Å². The average Bonchev–Trinajstić information content (AvgIpc) is 2.46. The van der Waals surface area contributed by atoms with Crippen LogP contribution in [0.25, 0.3) is 11.1 Å². The Hall–Kier alpha value is -2.09. The predicted molar refractivity (Wildman–Crippen MR) is 81.4 cm³/mol. The summed E-state index contributed by atoms with van der Waals surface area (Å²) in [6.45, 7) is 0.491. The highest BCUT2D eigenvalue weighted by Crippen LogP contribution is 2.25. The number of hydrogen-bond donors (Lipinski definition) is 0. The summed E-state index contributed by atoms with van der Waals surface area (Å²) in [5.41, 5.74) is 3.56. The van der Waals surface area contributed by atoms with E-state index in [1.165, 1.54) is 30.4 Å². The molecule has 0 saturated heterocycles. The minimum Gasteiger partial charge on any atom is -0.391 e. The zero-order valence-corrected chi connectivity index (χ0v) is 11.5. The Labute approximate surface area is 120 Å². The molecule has 2 nitrogen and oxygen atoms in total. The molecule has 1 radical (unpaired) electrons. The van der Waals surface area contributed by atoms with Gasteiger partial charge in [0.2, 0.25) is 0 Å². The second-order valence-electron chi connectivity index (χ2n) is 5.14. The molecule has 1 aliphatic carbocycles. The number of hydrogen-bond acceptors (Lipinski definition) is 2. The SMILES string of the molecule is [C](=N\OCc1ccccc1-c1ccccc1)/C1CCC1. The van der Waals surface area contributed by atoms with Gasteiger partial charge >= 0.3 is 0 Å². The Balaban J connectivity index is 1.68. The number of rotatable bonds is 5. The van der Waals surface area contributed by atoms with Crippen LogP contribution in [0.4, 0.5) is 0 Å². The summed E-state index contributed by atoms with van der Waals surface area (Å²) in [5.74, 6) is 0.513. The molecule has 0 bridgehead atoms. The van der Waals surface area contributed by atoms with Gasteiger partial charge in [0.05, 0.1) is 0 Å². The first-order valence-corrected chi connectivity index (χ1v) is 7.14. The molecular weight excluding hydrogens is 246 g/mol. The van der Waals surface area contributed by atoms with Crippen molar-refractivity contribution in [3.63, 3.8) is 0 Å². The van der Waals surface area contributed by atoms with Crippen molar-refractivity contribution >= 4 is 6.21 Å². The highest BCUT2D eigenvalue weighted by atomic mass is 16.6. The topological polar surface area (TPSA) is 21.6 Å². The minimum absolute atomic E-state index is 0.491. The van der Waals surface area contributed by atoms with Crippen LogP contribution in [0.1, 0.15) is 24.8 Å². The minimum atomic E-state index is 0.491. The lowest BCUT2D eigenvalue weighted by atomic mass is 9.87. The lowest BCUT2D eigenvalue weighted by Gasteiger charge is -2.19. The van der Waals surface area contributed by atoms with Crippen LogP contribution in [-0.2, 0) is 11.4 Å². The Morgan fingerprint density at radius 1 is 1.00 bits per heavy atom. The molecule has 2 heteroatoms. The van der Waals surface area contributed by atoms with Crippen molar-refractivity contribution in [2.45, 2.75) is 25.9 Å². The van der Waals surface area contributed by atoms with Gasteiger partial charge in [0.15, 0.2) is 0 Å². The first-order chi connectivity index (χ1) is 9.93. The van der Waals surface area contributed by atoms with E-state index in [0.717, 1.165) is 5.56 Å². The van der Waals surface area contributed by atoms with Crippen LogP contribution in [0.15, 0.2) is 59.8 Å². The second kappa shape index (κ2) is 6.38. The molecule has 0 N–H and O–H groups in total. The first-order valence-electron chi connectivity index (χ1n) is 7.14. The third kappa shape index (κ3) is 3.08. The summed E-state index contributed by atoms with van der Waals surface area (Å²) in [7, 11) is 0. The molecule has 1 fully saturated rings. The molecule has 0 heterocycles. The summed E-state index contributed by atoms with van der Waals surface area (Å²) in [4.78, 5) is 5.40. The van der Waals surface area contributed by atoms with Crippen molar-refractivity contribution in [1.82, 2.24) is 0 Å². The lowest BCUT2D eigenvalue weighted by molar-refractivity contribution is 0.130. The maximum Gasteiger partial charge on any atom is 0.142 e. The van der Waals surface area contributed by atoms with Gasteiger partial charge in [-0.1, -0.05) is 66.2 Å². The van der Waals surface area contributed by atoms with Crippen LogP contribution in [0.5, 0.6) is 0 Å². The van der Waals surface area contributed by atoms with Gasteiger partial charge in [-0.2, -0.15) is 0 Å². The molecular formula is C18H18NO. The summed E-state index contributed by atoms with van der Waals surface area (Å²) >= 11 is 0. The van der Waals surface area contributed by atoms with Crippen LogP contribution in [0.2, 0.25) is 0 Å². The van der Waals surface area contributed by atoms with E-state index in [-0.39, 0.29) is 0 Å². The maximum absolute atomic E-state index is 5.40. The summed E-state index contributed by atoms with van der Waals surface area (Å²) in [5, 5.41) is 3.97. The molecule has 0 spiro atoms. The molecule has 0 aliphatic heterocycles. The fourth-order valence-corrected chi connectivity index (χ4v) is 2.30. The van der Waals surface area contributed by atoms with Gasteiger partial charge < -0.3 is 4.84 Å². The summed E-state index contributed by atoms with van der Waals surface area (Å²) in [6, 6.07) is 18.6. The van der Waals surface area contributed by atoms with E-state index in [4.69, 9.17) is 4.84 Å². The van der Waals surface area contributed by atoms with E-state index in [0.29, 0.717) is 12.5 Å².